The number of carboxylic acid groups (broad SMARTS) is 1. The first-order valence-electron chi connectivity index (χ1n) is 11.3. The topological polar surface area (TPSA) is 162 Å². The molecule has 1 atom stereocenters. The molecule has 192 valence electrons. The molecule has 0 radical (unpaired) electrons. The minimum Gasteiger partial charge on any atom is -0.480 e. The molecule has 2 aromatic carbocycles. The molecule has 0 aromatic heterocycles. The molecule has 0 saturated heterocycles. The summed E-state index contributed by atoms with van der Waals surface area (Å²) in [6.07, 6.45) is -1.80. The summed E-state index contributed by atoms with van der Waals surface area (Å²) in [4.78, 5) is 40.5. The lowest BCUT2D eigenvalue weighted by molar-refractivity contribution is -0.139. The van der Waals surface area contributed by atoms with Crippen LogP contribution in [0.15, 0.2) is 53.7 Å². The molecule has 0 unspecified atom stereocenters. The van der Waals surface area contributed by atoms with Gasteiger partial charge in [-0.3, -0.25) is 5.32 Å². The Morgan fingerprint density at radius 1 is 1.03 bits per heavy atom. The Balaban J connectivity index is 1.48. The largest absolute Gasteiger partial charge is 0.480 e. The molecule has 11 nitrogen and oxygen atoms in total. The number of guanidine groups is 1. The molecule has 2 amide bonds. The van der Waals surface area contributed by atoms with Gasteiger partial charge < -0.3 is 30.5 Å². The lowest BCUT2D eigenvalue weighted by Crippen LogP contribution is -2.42. The van der Waals surface area contributed by atoms with Crippen molar-refractivity contribution in [2.45, 2.75) is 44.8 Å². The van der Waals surface area contributed by atoms with Crippen molar-refractivity contribution >= 4 is 24.1 Å². The SMILES string of the molecule is CC(C)(C)OC(=O)N/C(N)=N\OCC[C@H](NC(=O)OCC1c2ccccc2-c2ccccc21)C(=O)O. The maximum atomic E-state index is 12.4. The highest BCUT2D eigenvalue weighted by molar-refractivity contribution is 5.92. The molecule has 0 aliphatic heterocycles. The molecule has 5 N–H and O–H groups in total. The number of benzene rings is 2. The van der Waals surface area contributed by atoms with Crippen molar-refractivity contribution in [1.29, 1.82) is 0 Å². The van der Waals surface area contributed by atoms with E-state index in [0.717, 1.165) is 22.3 Å². The number of aliphatic carboxylic acids is 1. The third kappa shape index (κ3) is 7.11. The van der Waals surface area contributed by atoms with E-state index in [4.69, 9.17) is 20.0 Å². The summed E-state index contributed by atoms with van der Waals surface area (Å²) in [5.41, 5.74) is 9.07. The molecule has 1 aliphatic carbocycles. The minimum absolute atomic E-state index is 0.0554. The maximum Gasteiger partial charge on any atom is 0.414 e. The molecular weight excluding hydrogens is 468 g/mol. The van der Waals surface area contributed by atoms with Gasteiger partial charge in [-0.25, -0.2) is 14.4 Å². The summed E-state index contributed by atoms with van der Waals surface area (Å²) in [5, 5.41) is 17.4. The van der Waals surface area contributed by atoms with Gasteiger partial charge in [-0.1, -0.05) is 48.5 Å². The van der Waals surface area contributed by atoms with Crippen molar-refractivity contribution in [1.82, 2.24) is 10.6 Å². The fourth-order valence-corrected chi connectivity index (χ4v) is 3.76. The molecule has 36 heavy (non-hydrogen) atoms. The highest BCUT2D eigenvalue weighted by Gasteiger charge is 2.29. The van der Waals surface area contributed by atoms with E-state index in [1.54, 1.807) is 20.8 Å². The van der Waals surface area contributed by atoms with Crippen molar-refractivity contribution in [2.75, 3.05) is 13.2 Å². The highest BCUT2D eigenvalue weighted by atomic mass is 16.6. The van der Waals surface area contributed by atoms with E-state index in [-0.39, 0.29) is 31.5 Å². The Hall–Kier alpha value is -4.28. The Morgan fingerprint density at radius 3 is 2.17 bits per heavy atom. The number of ether oxygens (including phenoxy) is 2. The lowest BCUT2D eigenvalue weighted by atomic mass is 9.98. The van der Waals surface area contributed by atoms with Gasteiger partial charge in [-0.15, -0.1) is 0 Å². The van der Waals surface area contributed by atoms with Crippen LogP contribution in [0.4, 0.5) is 9.59 Å². The molecule has 0 spiro atoms. The fourth-order valence-electron chi connectivity index (χ4n) is 3.76. The van der Waals surface area contributed by atoms with Gasteiger partial charge in [0, 0.05) is 12.3 Å². The van der Waals surface area contributed by atoms with Gasteiger partial charge in [-0.2, -0.15) is 0 Å². The minimum atomic E-state index is -1.28. The predicted octanol–water partition coefficient (Wildman–Crippen LogP) is 3.14. The van der Waals surface area contributed by atoms with Gasteiger partial charge in [0.2, 0.25) is 5.96 Å². The molecule has 0 fully saturated rings. The van der Waals surface area contributed by atoms with E-state index in [1.165, 1.54) is 0 Å². The van der Waals surface area contributed by atoms with Crippen LogP contribution in [-0.4, -0.2) is 54.1 Å². The number of carbonyl (C=O) groups is 3. The number of carbonyl (C=O) groups excluding carboxylic acids is 2. The zero-order chi connectivity index (χ0) is 26.3. The van der Waals surface area contributed by atoms with Crippen LogP contribution in [0.3, 0.4) is 0 Å². The number of hydrogen-bond acceptors (Lipinski definition) is 7. The first kappa shape index (κ1) is 26.3. The molecule has 3 rings (SSSR count). The number of amides is 2. The monoisotopic (exact) mass is 498 g/mol. The first-order valence-corrected chi connectivity index (χ1v) is 11.3. The molecule has 0 saturated carbocycles. The molecule has 0 bridgehead atoms. The van der Waals surface area contributed by atoms with Gasteiger partial charge in [-0.05, 0) is 48.2 Å². The third-order valence-electron chi connectivity index (χ3n) is 5.22. The van der Waals surface area contributed by atoms with Gasteiger partial charge in [0.05, 0.1) is 0 Å². The van der Waals surface area contributed by atoms with Crippen LogP contribution in [0.1, 0.15) is 44.2 Å². The van der Waals surface area contributed by atoms with Crippen LogP contribution in [0.25, 0.3) is 11.1 Å². The molecule has 0 heterocycles. The van der Waals surface area contributed by atoms with E-state index in [1.807, 2.05) is 48.5 Å². The van der Waals surface area contributed by atoms with Crippen LogP contribution in [0.5, 0.6) is 0 Å². The number of carboxylic acids is 1. The van der Waals surface area contributed by atoms with Crippen LogP contribution < -0.4 is 16.4 Å². The molecule has 2 aromatic rings. The number of alkyl carbamates (subject to hydrolysis) is 2. The Labute approximate surface area is 208 Å². The first-order chi connectivity index (χ1) is 17.0. The standard InChI is InChI=1S/C25H30N4O7/c1-25(2,3)36-24(33)28-22(26)29-35-13-12-20(21(30)31)27-23(32)34-14-19-17-10-6-4-8-15(17)16-9-5-7-11-18(16)19/h4-11,19-20H,12-14H2,1-3H3,(H,27,32)(H,30,31)(H3,26,28,29,33)/t20-/m0/s1. The van der Waals surface area contributed by atoms with Gasteiger partial charge in [0.15, 0.2) is 0 Å². The van der Waals surface area contributed by atoms with Gasteiger partial charge in [0.25, 0.3) is 0 Å². The predicted molar refractivity (Wildman–Crippen MR) is 131 cm³/mol. The van der Waals surface area contributed by atoms with Crippen molar-refractivity contribution in [2.24, 2.45) is 10.9 Å². The smallest absolute Gasteiger partial charge is 0.414 e. The second kappa shape index (κ2) is 11.4. The number of nitrogens with zero attached hydrogens (tertiary/aromatic N) is 1. The van der Waals surface area contributed by atoms with E-state index in [2.05, 4.69) is 15.8 Å². The van der Waals surface area contributed by atoms with Crippen molar-refractivity contribution in [3.8, 4) is 11.1 Å². The summed E-state index contributed by atoms with van der Waals surface area (Å²) in [7, 11) is 0. The van der Waals surface area contributed by atoms with Gasteiger partial charge in [0.1, 0.15) is 24.9 Å². The van der Waals surface area contributed by atoms with Crippen molar-refractivity contribution in [3.05, 3.63) is 59.7 Å². The summed E-state index contributed by atoms with van der Waals surface area (Å²) < 4.78 is 10.4. The lowest BCUT2D eigenvalue weighted by Gasteiger charge is -2.19. The second-order valence-electron chi connectivity index (χ2n) is 9.09. The third-order valence-corrected chi connectivity index (χ3v) is 5.22. The number of fused-ring (bicyclic) bond motifs is 3. The molecule has 11 heteroatoms. The van der Waals surface area contributed by atoms with Gasteiger partial charge >= 0.3 is 18.2 Å². The summed E-state index contributed by atoms with van der Waals surface area (Å²) >= 11 is 0. The Kier molecular flexibility index (Phi) is 8.36. The van der Waals surface area contributed by atoms with Crippen LogP contribution >= 0.6 is 0 Å². The average molecular weight is 499 g/mol. The van der Waals surface area contributed by atoms with Crippen LogP contribution in [0.2, 0.25) is 0 Å². The summed E-state index contributed by atoms with van der Waals surface area (Å²) in [6.45, 7) is 4.92. The quantitative estimate of drug-likeness (QED) is 0.187. The van der Waals surface area contributed by atoms with E-state index in [0.29, 0.717) is 0 Å². The number of nitrogens with two attached hydrogens (primary N) is 1. The normalized spacial score (nSPS) is 13.7. The van der Waals surface area contributed by atoms with Crippen molar-refractivity contribution < 1.29 is 33.8 Å². The summed E-state index contributed by atoms with van der Waals surface area (Å²) in [6, 6.07) is 14.5. The molecule has 1 aliphatic rings. The van der Waals surface area contributed by atoms with E-state index in [9.17, 15) is 19.5 Å². The van der Waals surface area contributed by atoms with Crippen molar-refractivity contribution in [3.63, 3.8) is 0 Å². The van der Waals surface area contributed by atoms with Crippen LogP contribution in [-0.2, 0) is 19.1 Å². The number of nitrogens with one attached hydrogen (secondary N) is 2. The highest BCUT2D eigenvalue weighted by Crippen LogP contribution is 2.44. The fraction of sp³-hybridized carbons (Fsp3) is 0.360. The zero-order valence-electron chi connectivity index (χ0n) is 20.3. The Morgan fingerprint density at radius 2 is 1.61 bits per heavy atom. The Bertz CT molecular complexity index is 1100. The average Bonchev–Trinajstić information content (AvgIpc) is 3.12. The number of rotatable bonds is 8. The van der Waals surface area contributed by atoms with Crippen LogP contribution in [0, 0.1) is 0 Å². The van der Waals surface area contributed by atoms with E-state index >= 15 is 0 Å². The maximum absolute atomic E-state index is 12.4. The molecular formula is C25H30N4O7. The zero-order valence-corrected chi connectivity index (χ0v) is 20.3. The summed E-state index contributed by atoms with van der Waals surface area (Å²) in [5.74, 6) is -1.78. The number of hydrogen-bond donors (Lipinski definition) is 4. The number of oxime groups is 1. The second-order valence-corrected chi connectivity index (χ2v) is 9.09. The van der Waals surface area contributed by atoms with E-state index < -0.39 is 29.8 Å².